The number of nitrogens with zero attached hydrogens (tertiary/aromatic N) is 4. The van der Waals surface area contributed by atoms with Crippen LogP contribution in [0.1, 0.15) is 48.7 Å². The maximum absolute atomic E-state index is 12.9. The molecule has 170 valence electrons. The predicted octanol–water partition coefficient (Wildman–Crippen LogP) is 3.14. The Kier molecular flexibility index (Phi) is 6.99. The smallest absolute Gasteiger partial charge is 0.249 e. The van der Waals surface area contributed by atoms with Crippen molar-refractivity contribution in [2.75, 3.05) is 38.2 Å². The van der Waals surface area contributed by atoms with E-state index < -0.39 is 0 Å². The molecule has 2 saturated heterocycles. The van der Waals surface area contributed by atoms with Crippen molar-refractivity contribution in [2.24, 2.45) is 0 Å². The fourth-order valence-electron chi connectivity index (χ4n) is 4.42. The Hall–Kier alpha value is -3.00. The fourth-order valence-corrected chi connectivity index (χ4v) is 4.42. The van der Waals surface area contributed by atoms with Gasteiger partial charge >= 0.3 is 0 Å². The minimum absolute atomic E-state index is 0.0290. The zero-order valence-electron chi connectivity index (χ0n) is 18.8. The van der Waals surface area contributed by atoms with Gasteiger partial charge in [-0.05, 0) is 56.9 Å². The zero-order chi connectivity index (χ0) is 22.5. The quantitative estimate of drug-likeness (QED) is 0.639. The van der Waals surface area contributed by atoms with Crippen LogP contribution in [0.25, 0.3) is 0 Å². The summed E-state index contributed by atoms with van der Waals surface area (Å²) in [7, 11) is 0. The molecule has 4 rings (SSSR count). The van der Waals surface area contributed by atoms with E-state index in [4.69, 9.17) is 9.72 Å². The summed E-state index contributed by atoms with van der Waals surface area (Å²) in [5, 5.41) is 3.38. The van der Waals surface area contributed by atoms with Crippen LogP contribution in [0.4, 0.5) is 11.5 Å². The summed E-state index contributed by atoms with van der Waals surface area (Å²) in [6.45, 7) is 6.44. The Labute approximate surface area is 189 Å². The topological polar surface area (TPSA) is 87.7 Å². The van der Waals surface area contributed by atoms with E-state index in [1.807, 2.05) is 43.0 Å². The molecule has 0 radical (unpaired) electrons. The molecule has 2 aromatic heterocycles. The minimum Gasteiger partial charge on any atom is -0.370 e. The summed E-state index contributed by atoms with van der Waals surface area (Å²) in [5.74, 6) is 0.960. The average molecular weight is 438 g/mol. The third kappa shape index (κ3) is 5.24. The van der Waals surface area contributed by atoms with Crippen LogP contribution in [0, 0.1) is 13.8 Å². The molecule has 2 aromatic rings. The lowest BCUT2D eigenvalue weighted by Gasteiger charge is -2.25. The first-order valence-electron chi connectivity index (χ1n) is 11.3. The van der Waals surface area contributed by atoms with Crippen LogP contribution in [0.15, 0.2) is 30.5 Å². The standard InChI is InChI=1S/C24H31N5O3/c1-17-6-3-9-25-24(17)27-19-14-18(2)26-20(15-19)21-7-4-11-29(21)23(31)16-32-13-12-28-10-5-8-22(28)30/h3,6,9,14-15,21H,4-5,7-8,10-13,16H2,1-2H3,(H,25,26,27)/t21-/m0/s1. The first kappa shape index (κ1) is 22.2. The van der Waals surface area contributed by atoms with Gasteiger partial charge < -0.3 is 19.9 Å². The molecule has 32 heavy (non-hydrogen) atoms. The van der Waals surface area contributed by atoms with Gasteiger partial charge in [-0.25, -0.2) is 4.98 Å². The van der Waals surface area contributed by atoms with E-state index in [-0.39, 0.29) is 24.5 Å². The summed E-state index contributed by atoms with van der Waals surface area (Å²) in [5.41, 5.74) is 3.76. The maximum Gasteiger partial charge on any atom is 0.249 e. The van der Waals surface area contributed by atoms with Crippen molar-refractivity contribution in [1.82, 2.24) is 19.8 Å². The molecule has 2 amide bonds. The number of hydrogen-bond acceptors (Lipinski definition) is 6. The van der Waals surface area contributed by atoms with E-state index in [1.165, 1.54) is 0 Å². The lowest BCUT2D eigenvalue weighted by atomic mass is 10.1. The number of hydrogen-bond donors (Lipinski definition) is 1. The summed E-state index contributed by atoms with van der Waals surface area (Å²) in [6, 6.07) is 7.87. The van der Waals surface area contributed by atoms with Gasteiger partial charge in [0, 0.05) is 43.6 Å². The van der Waals surface area contributed by atoms with E-state index in [2.05, 4.69) is 10.3 Å². The number of aromatic nitrogens is 2. The van der Waals surface area contributed by atoms with Crippen molar-refractivity contribution in [1.29, 1.82) is 0 Å². The van der Waals surface area contributed by atoms with Gasteiger partial charge in [-0.15, -0.1) is 0 Å². The van der Waals surface area contributed by atoms with Crippen LogP contribution in [-0.4, -0.2) is 64.4 Å². The molecule has 0 aliphatic carbocycles. The summed E-state index contributed by atoms with van der Waals surface area (Å²) in [4.78, 5) is 37.4. The molecule has 0 aromatic carbocycles. The molecule has 1 N–H and O–H groups in total. The summed E-state index contributed by atoms with van der Waals surface area (Å²) in [6.07, 6.45) is 5.12. The van der Waals surface area contributed by atoms with Crippen LogP contribution in [0.3, 0.4) is 0 Å². The molecular weight excluding hydrogens is 406 g/mol. The number of carbonyl (C=O) groups excluding carboxylic acids is 2. The fraction of sp³-hybridized carbons (Fsp3) is 0.500. The van der Waals surface area contributed by atoms with E-state index in [0.717, 1.165) is 54.3 Å². The van der Waals surface area contributed by atoms with E-state index >= 15 is 0 Å². The molecule has 2 fully saturated rings. The van der Waals surface area contributed by atoms with Crippen LogP contribution in [0.2, 0.25) is 0 Å². The van der Waals surface area contributed by atoms with Gasteiger partial charge in [0.05, 0.1) is 18.3 Å². The molecular formula is C24H31N5O3. The molecule has 1 atom stereocenters. The van der Waals surface area contributed by atoms with E-state index in [1.54, 1.807) is 11.1 Å². The maximum atomic E-state index is 12.9. The number of anilines is 2. The Morgan fingerprint density at radius 3 is 2.91 bits per heavy atom. The Morgan fingerprint density at radius 2 is 2.12 bits per heavy atom. The normalized spacial score (nSPS) is 18.4. The van der Waals surface area contributed by atoms with Crippen LogP contribution >= 0.6 is 0 Å². The molecule has 2 aliphatic rings. The number of rotatable bonds is 8. The second kappa shape index (κ2) is 10.1. The molecule has 0 bridgehead atoms. The first-order chi connectivity index (χ1) is 15.5. The zero-order valence-corrected chi connectivity index (χ0v) is 18.8. The number of amides is 2. The third-order valence-corrected chi connectivity index (χ3v) is 6.06. The molecule has 8 heteroatoms. The highest BCUT2D eigenvalue weighted by atomic mass is 16.5. The molecule has 4 heterocycles. The molecule has 8 nitrogen and oxygen atoms in total. The Balaban J connectivity index is 1.38. The van der Waals surface area contributed by atoms with Gasteiger partial charge in [0.15, 0.2) is 0 Å². The predicted molar refractivity (Wildman–Crippen MR) is 122 cm³/mol. The third-order valence-electron chi connectivity index (χ3n) is 6.06. The number of likely N-dealkylation sites (tertiary alicyclic amines) is 2. The SMILES string of the molecule is Cc1cc(Nc2ncccc2C)cc([C@@H]2CCCN2C(=O)COCCN2CCCC2=O)n1. The van der Waals surface area contributed by atoms with Gasteiger partial charge in [0.1, 0.15) is 12.4 Å². The van der Waals surface area contributed by atoms with E-state index in [9.17, 15) is 9.59 Å². The van der Waals surface area contributed by atoms with Gasteiger partial charge in [-0.3, -0.25) is 14.6 Å². The highest BCUT2D eigenvalue weighted by molar-refractivity contribution is 5.79. The van der Waals surface area contributed by atoms with Gasteiger partial charge in [-0.2, -0.15) is 0 Å². The molecule has 0 unspecified atom stereocenters. The number of nitrogens with one attached hydrogen (secondary N) is 1. The van der Waals surface area contributed by atoms with Crippen LogP contribution in [0.5, 0.6) is 0 Å². The largest absolute Gasteiger partial charge is 0.370 e. The summed E-state index contributed by atoms with van der Waals surface area (Å²) >= 11 is 0. The van der Waals surface area contributed by atoms with Gasteiger partial charge in [0.2, 0.25) is 11.8 Å². The van der Waals surface area contributed by atoms with Crippen molar-refractivity contribution in [2.45, 2.75) is 45.6 Å². The highest BCUT2D eigenvalue weighted by Gasteiger charge is 2.31. The number of ether oxygens (including phenoxy) is 1. The molecule has 0 saturated carbocycles. The second-order valence-electron chi connectivity index (χ2n) is 8.50. The number of aryl methyl sites for hydroxylation is 2. The van der Waals surface area contributed by atoms with Crippen molar-refractivity contribution >= 4 is 23.3 Å². The van der Waals surface area contributed by atoms with Crippen molar-refractivity contribution in [3.8, 4) is 0 Å². The van der Waals surface area contributed by atoms with Gasteiger partial charge in [-0.1, -0.05) is 6.07 Å². The van der Waals surface area contributed by atoms with Crippen LogP contribution in [-0.2, 0) is 14.3 Å². The van der Waals surface area contributed by atoms with Crippen molar-refractivity contribution in [3.05, 3.63) is 47.4 Å². The lowest BCUT2D eigenvalue weighted by molar-refractivity contribution is -0.137. The average Bonchev–Trinajstić information content (AvgIpc) is 3.42. The van der Waals surface area contributed by atoms with Crippen LogP contribution < -0.4 is 5.32 Å². The van der Waals surface area contributed by atoms with E-state index in [0.29, 0.717) is 26.1 Å². The highest BCUT2D eigenvalue weighted by Crippen LogP contribution is 2.33. The minimum atomic E-state index is -0.0588. The Morgan fingerprint density at radius 1 is 1.25 bits per heavy atom. The van der Waals surface area contributed by atoms with Crippen molar-refractivity contribution < 1.29 is 14.3 Å². The molecule has 0 spiro atoms. The monoisotopic (exact) mass is 437 g/mol. The Bertz CT molecular complexity index is 980. The number of carbonyl (C=O) groups is 2. The van der Waals surface area contributed by atoms with Crippen molar-refractivity contribution in [3.63, 3.8) is 0 Å². The second-order valence-corrected chi connectivity index (χ2v) is 8.50. The summed E-state index contributed by atoms with van der Waals surface area (Å²) < 4.78 is 5.62. The molecule has 2 aliphatic heterocycles. The first-order valence-corrected chi connectivity index (χ1v) is 11.3. The lowest BCUT2D eigenvalue weighted by Crippen LogP contribution is -2.35. The van der Waals surface area contributed by atoms with Gasteiger partial charge in [0.25, 0.3) is 0 Å². The number of pyridine rings is 2.